The molecule has 1 saturated carbocycles. The quantitative estimate of drug-likeness (QED) is 0.570. The fourth-order valence-electron chi connectivity index (χ4n) is 2.81. The van der Waals surface area contributed by atoms with Gasteiger partial charge in [0, 0.05) is 47.1 Å². The van der Waals surface area contributed by atoms with Crippen molar-refractivity contribution in [3.05, 3.63) is 59.7 Å². The van der Waals surface area contributed by atoms with Gasteiger partial charge in [-0.05, 0) is 56.2 Å². The van der Waals surface area contributed by atoms with Crippen LogP contribution in [-0.4, -0.2) is 19.6 Å². The fraction of sp³-hybridized carbons (Fsp3) is 0.250. The van der Waals surface area contributed by atoms with Gasteiger partial charge in [-0.3, -0.25) is 4.79 Å². The van der Waals surface area contributed by atoms with Crippen LogP contribution in [0.15, 0.2) is 48.5 Å². The first kappa shape index (κ1) is 20.0. The summed E-state index contributed by atoms with van der Waals surface area (Å²) in [6.07, 6.45) is 3.57. The van der Waals surface area contributed by atoms with Crippen LogP contribution >= 0.6 is 0 Å². The number of hydrogen-bond acceptors (Lipinski definition) is 4. The molecule has 2 aromatic carbocycles. The molecule has 5 nitrogen and oxygen atoms in total. The molecule has 1 amide bonds. The molecule has 0 saturated heterocycles. The van der Waals surface area contributed by atoms with Crippen molar-refractivity contribution in [2.24, 2.45) is 5.92 Å². The Labute approximate surface area is 171 Å². The summed E-state index contributed by atoms with van der Waals surface area (Å²) in [4.78, 5) is 11.8. The number of hydrogen-bond donors (Lipinski definition) is 2. The molecule has 2 aromatic rings. The number of nitrogens with zero attached hydrogens (tertiary/aromatic N) is 1. The lowest BCUT2D eigenvalue weighted by atomic mass is 10.0. The predicted molar refractivity (Wildman–Crippen MR) is 115 cm³/mol. The van der Waals surface area contributed by atoms with E-state index in [2.05, 4.69) is 28.5 Å². The normalized spacial score (nSPS) is 12.9. The molecular formula is C24H23N3O2. The first-order chi connectivity index (χ1) is 14.1. The third-order valence-electron chi connectivity index (χ3n) is 4.54. The monoisotopic (exact) mass is 385 g/mol. The number of methoxy groups -OCH3 is 1. The Morgan fingerprint density at radius 1 is 1.24 bits per heavy atom. The fourth-order valence-corrected chi connectivity index (χ4v) is 2.81. The molecule has 146 valence electrons. The summed E-state index contributed by atoms with van der Waals surface area (Å²) in [7, 11) is 1.61. The minimum absolute atomic E-state index is 0.0846. The van der Waals surface area contributed by atoms with Crippen molar-refractivity contribution in [2.75, 3.05) is 24.3 Å². The van der Waals surface area contributed by atoms with E-state index >= 15 is 0 Å². The Kier molecular flexibility index (Phi) is 6.55. The standard InChI is InChI=1S/C24H23N3O2/c1-3-26-23-15-21(29-2)13-14-22(23)19(16-25)6-4-5-17-7-11-20(12-8-17)27-24(28)18-9-10-18/h6-8,11-15,18,26H,3,9-10H2,1-2H3,(H,27,28)/b19-6+. The third kappa shape index (κ3) is 5.40. The molecule has 2 N–H and O–H groups in total. The number of anilines is 2. The molecule has 0 bridgehead atoms. The van der Waals surface area contributed by atoms with Crippen LogP contribution in [0.1, 0.15) is 30.9 Å². The van der Waals surface area contributed by atoms with Crippen molar-refractivity contribution < 1.29 is 9.53 Å². The van der Waals surface area contributed by atoms with E-state index in [9.17, 15) is 10.1 Å². The average Bonchev–Trinajstić information content (AvgIpc) is 3.58. The van der Waals surface area contributed by atoms with Crippen LogP contribution in [0.2, 0.25) is 0 Å². The maximum atomic E-state index is 11.8. The number of nitriles is 1. The van der Waals surface area contributed by atoms with Crippen LogP contribution < -0.4 is 15.4 Å². The van der Waals surface area contributed by atoms with Gasteiger partial charge in [-0.15, -0.1) is 0 Å². The van der Waals surface area contributed by atoms with Gasteiger partial charge in [0.25, 0.3) is 0 Å². The Morgan fingerprint density at radius 3 is 2.62 bits per heavy atom. The summed E-state index contributed by atoms with van der Waals surface area (Å²) in [5, 5.41) is 15.7. The highest BCUT2D eigenvalue weighted by atomic mass is 16.5. The summed E-state index contributed by atoms with van der Waals surface area (Å²) >= 11 is 0. The van der Waals surface area contributed by atoms with Crippen molar-refractivity contribution in [3.63, 3.8) is 0 Å². The van der Waals surface area contributed by atoms with Crippen LogP contribution in [0.25, 0.3) is 5.57 Å². The predicted octanol–water partition coefficient (Wildman–Crippen LogP) is 4.43. The highest BCUT2D eigenvalue weighted by molar-refractivity contribution is 5.94. The minimum Gasteiger partial charge on any atom is -0.497 e. The van der Waals surface area contributed by atoms with Crippen LogP contribution in [0.4, 0.5) is 11.4 Å². The highest BCUT2D eigenvalue weighted by Gasteiger charge is 2.29. The van der Waals surface area contributed by atoms with Crippen LogP contribution in [0.5, 0.6) is 5.75 Å². The lowest BCUT2D eigenvalue weighted by molar-refractivity contribution is -0.117. The van der Waals surface area contributed by atoms with Crippen molar-refractivity contribution in [1.29, 1.82) is 5.26 Å². The molecule has 0 atom stereocenters. The molecule has 0 radical (unpaired) electrons. The van der Waals surface area contributed by atoms with E-state index < -0.39 is 0 Å². The Bertz CT molecular complexity index is 1020. The molecule has 0 heterocycles. The van der Waals surface area contributed by atoms with Crippen molar-refractivity contribution in [1.82, 2.24) is 0 Å². The molecular weight excluding hydrogens is 362 g/mol. The molecule has 1 fully saturated rings. The van der Waals surface area contributed by atoms with Gasteiger partial charge in [0.2, 0.25) is 5.91 Å². The first-order valence-corrected chi connectivity index (χ1v) is 9.59. The van der Waals surface area contributed by atoms with Crippen LogP contribution in [0.3, 0.4) is 0 Å². The number of rotatable bonds is 6. The lowest BCUT2D eigenvalue weighted by Gasteiger charge is -2.11. The molecule has 1 aliphatic rings. The van der Waals surface area contributed by atoms with Crippen molar-refractivity contribution >= 4 is 22.9 Å². The second-order valence-electron chi connectivity index (χ2n) is 6.72. The Morgan fingerprint density at radius 2 is 2.00 bits per heavy atom. The zero-order valence-electron chi connectivity index (χ0n) is 16.6. The largest absolute Gasteiger partial charge is 0.497 e. The summed E-state index contributed by atoms with van der Waals surface area (Å²) in [6, 6.07) is 15.1. The summed E-state index contributed by atoms with van der Waals surface area (Å²) < 4.78 is 5.26. The number of ether oxygens (including phenoxy) is 1. The number of carbonyl (C=O) groups excluding carboxylic acids is 1. The van der Waals surface area contributed by atoms with E-state index in [0.717, 1.165) is 47.6 Å². The summed E-state index contributed by atoms with van der Waals surface area (Å²) in [6.45, 7) is 2.73. The van der Waals surface area contributed by atoms with E-state index in [4.69, 9.17) is 4.74 Å². The third-order valence-corrected chi connectivity index (χ3v) is 4.54. The van der Waals surface area contributed by atoms with Gasteiger partial charge in [0.05, 0.1) is 12.7 Å². The Hall–Kier alpha value is -3.70. The van der Waals surface area contributed by atoms with E-state index in [1.54, 1.807) is 13.2 Å². The van der Waals surface area contributed by atoms with Gasteiger partial charge in [0.1, 0.15) is 11.8 Å². The number of carbonyl (C=O) groups is 1. The van der Waals surface area contributed by atoms with Crippen molar-refractivity contribution in [2.45, 2.75) is 19.8 Å². The van der Waals surface area contributed by atoms with E-state index in [0.29, 0.717) is 5.57 Å². The summed E-state index contributed by atoms with van der Waals surface area (Å²) in [5.41, 5.74) is 3.67. The van der Waals surface area contributed by atoms with Gasteiger partial charge < -0.3 is 15.4 Å². The zero-order chi connectivity index (χ0) is 20.6. The number of benzene rings is 2. The van der Waals surface area contributed by atoms with Gasteiger partial charge >= 0.3 is 0 Å². The van der Waals surface area contributed by atoms with Gasteiger partial charge in [-0.25, -0.2) is 0 Å². The molecule has 5 heteroatoms. The minimum atomic E-state index is 0.0846. The Balaban J connectivity index is 1.75. The number of allylic oxidation sites excluding steroid dienone is 2. The van der Waals surface area contributed by atoms with Crippen LogP contribution in [-0.2, 0) is 4.79 Å². The summed E-state index contributed by atoms with van der Waals surface area (Å²) in [5.74, 6) is 6.97. The van der Waals surface area contributed by atoms with Gasteiger partial charge in [-0.2, -0.15) is 5.26 Å². The van der Waals surface area contributed by atoms with E-state index in [1.807, 2.05) is 49.4 Å². The lowest BCUT2D eigenvalue weighted by Crippen LogP contribution is -2.12. The topological polar surface area (TPSA) is 74.2 Å². The molecule has 0 spiro atoms. The smallest absolute Gasteiger partial charge is 0.227 e. The number of amides is 1. The molecule has 0 unspecified atom stereocenters. The van der Waals surface area contributed by atoms with Crippen molar-refractivity contribution in [3.8, 4) is 23.7 Å². The second kappa shape index (κ2) is 9.48. The number of nitrogens with one attached hydrogen (secondary N) is 2. The van der Waals surface area contributed by atoms with Gasteiger partial charge in [0.15, 0.2) is 0 Å². The second-order valence-corrected chi connectivity index (χ2v) is 6.72. The SMILES string of the molecule is CCNc1cc(OC)ccc1/C(C#N)=C/C#Cc1ccc(NC(=O)C2CC2)cc1. The maximum absolute atomic E-state index is 11.8. The first-order valence-electron chi connectivity index (χ1n) is 9.59. The molecule has 0 aliphatic heterocycles. The van der Waals surface area contributed by atoms with E-state index in [1.165, 1.54) is 0 Å². The molecule has 0 aromatic heterocycles. The van der Waals surface area contributed by atoms with Gasteiger partial charge in [-0.1, -0.05) is 11.8 Å². The zero-order valence-corrected chi connectivity index (χ0v) is 16.6. The van der Waals surface area contributed by atoms with Crippen LogP contribution in [0, 0.1) is 29.1 Å². The molecule has 29 heavy (non-hydrogen) atoms. The molecule has 3 rings (SSSR count). The molecule has 1 aliphatic carbocycles. The maximum Gasteiger partial charge on any atom is 0.227 e. The average molecular weight is 385 g/mol. The van der Waals surface area contributed by atoms with E-state index in [-0.39, 0.29) is 11.8 Å². The highest BCUT2D eigenvalue weighted by Crippen LogP contribution is 2.30.